The van der Waals surface area contributed by atoms with Crippen molar-refractivity contribution in [3.05, 3.63) is 22.5 Å². The SMILES string of the molecule is CCOC(=O)c1c(C)c(C(=O)O)n(CC(C)=O)c1C. The van der Waals surface area contributed by atoms with Gasteiger partial charge in [0.1, 0.15) is 11.5 Å². The zero-order valence-corrected chi connectivity index (χ0v) is 11.4. The van der Waals surface area contributed by atoms with Crippen LogP contribution in [0, 0.1) is 13.8 Å². The molecule has 104 valence electrons. The van der Waals surface area contributed by atoms with Crippen LogP contribution in [0.5, 0.6) is 0 Å². The largest absolute Gasteiger partial charge is 0.477 e. The molecule has 0 aliphatic carbocycles. The molecule has 0 amide bonds. The van der Waals surface area contributed by atoms with Crippen molar-refractivity contribution < 1.29 is 24.2 Å². The Morgan fingerprint density at radius 3 is 2.26 bits per heavy atom. The number of ketones is 1. The van der Waals surface area contributed by atoms with Crippen molar-refractivity contribution in [1.82, 2.24) is 4.57 Å². The van der Waals surface area contributed by atoms with Gasteiger partial charge in [0.2, 0.25) is 0 Å². The molecule has 6 nitrogen and oxygen atoms in total. The molecule has 0 spiro atoms. The van der Waals surface area contributed by atoms with E-state index in [9.17, 15) is 19.5 Å². The van der Waals surface area contributed by atoms with E-state index in [0.29, 0.717) is 11.3 Å². The summed E-state index contributed by atoms with van der Waals surface area (Å²) in [6.45, 7) is 6.32. The van der Waals surface area contributed by atoms with Gasteiger partial charge in [-0.25, -0.2) is 9.59 Å². The molecule has 0 bridgehead atoms. The quantitative estimate of drug-likeness (QED) is 0.818. The standard InChI is InChI=1S/C13H17NO5/c1-5-19-13(18)10-8(3)11(12(16)17)14(9(10)4)6-7(2)15/h5-6H2,1-4H3,(H,16,17). The third-order valence-corrected chi connectivity index (χ3v) is 2.83. The van der Waals surface area contributed by atoms with Crippen LogP contribution in [0.25, 0.3) is 0 Å². The van der Waals surface area contributed by atoms with E-state index in [4.69, 9.17) is 4.74 Å². The van der Waals surface area contributed by atoms with Gasteiger partial charge in [-0.15, -0.1) is 0 Å². The molecule has 0 atom stereocenters. The molecular formula is C13H17NO5. The third-order valence-electron chi connectivity index (χ3n) is 2.83. The number of carboxylic acids is 1. The van der Waals surface area contributed by atoms with Gasteiger partial charge in [-0.1, -0.05) is 0 Å². The number of rotatable bonds is 5. The molecule has 1 aromatic heterocycles. The number of hydrogen-bond acceptors (Lipinski definition) is 4. The van der Waals surface area contributed by atoms with E-state index in [0.717, 1.165) is 0 Å². The molecule has 0 aromatic carbocycles. The van der Waals surface area contributed by atoms with Crippen LogP contribution in [0.1, 0.15) is 46.0 Å². The fraction of sp³-hybridized carbons (Fsp3) is 0.462. The average Bonchev–Trinajstić information content (AvgIpc) is 2.50. The highest BCUT2D eigenvalue weighted by Crippen LogP contribution is 2.23. The maximum Gasteiger partial charge on any atom is 0.352 e. The lowest BCUT2D eigenvalue weighted by molar-refractivity contribution is -0.117. The Morgan fingerprint density at radius 2 is 1.84 bits per heavy atom. The van der Waals surface area contributed by atoms with E-state index >= 15 is 0 Å². The first-order valence-corrected chi connectivity index (χ1v) is 5.90. The average molecular weight is 267 g/mol. The van der Waals surface area contributed by atoms with Crippen molar-refractivity contribution in [2.24, 2.45) is 0 Å². The summed E-state index contributed by atoms with van der Waals surface area (Å²) in [4.78, 5) is 34.4. The molecule has 1 heterocycles. The lowest BCUT2D eigenvalue weighted by atomic mass is 10.1. The first kappa shape index (κ1) is 14.9. The number of carbonyl (C=O) groups excluding carboxylic acids is 2. The Kier molecular flexibility index (Phi) is 4.47. The number of carbonyl (C=O) groups is 3. The Morgan fingerprint density at radius 1 is 1.26 bits per heavy atom. The second kappa shape index (κ2) is 5.69. The number of carboxylic acid groups (broad SMARTS) is 1. The van der Waals surface area contributed by atoms with Crippen LogP contribution >= 0.6 is 0 Å². The molecule has 6 heteroatoms. The van der Waals surface area contributed by atoms with Gasteiger partial charge in [0.25, 0.3) is 0 Å². The molecule has 0 fully saturated rings. The first-order valence-electron chi connectivity index (χ1n) is 5.90. The highest BCUT2D eigenvalue weighted by Gasteiger charge is 2.27. The smallest absolute Gasteiger partial charge is 0.352 e. The summed E-state index contributed by atoms with van der Waals surface area (Å²) in [6, 6.07) is 0. The van der Waals surface area contributed by atoms with Crippen LogP contribution in [0.3, 0.4) is 0 Å². The van der Waals surface area contributed by atoms with E-state index in [2.05, 4.69) is 0 Å². The molecule has 1 rings (SSSR count). The molecule has 0 aliphatic rings. The van der Waals surface area contributed by atoms with Crippen LogP contribution in [-0.4, -0.2) is 34.0 Å². The van der Waals surface area contributed by atoms with Gasteiger partial charge >= 0.3 is 11.9 Å². The van der Waals surface area contributed by atoms with Gasteiger partial charge < -0.3 is 14.4 Å². The van der Waals surface area contributed by atoms with Crippen molar-refractivity contribution in [2.45, 2.75) is 34.2 Å². The van der Waals surface area contributed by atoms with Crippen LogP contribution in [0.2, 0.25) is 0 Å². The molecule has 0 unspecified atom stereocenters. The topological polar surface area (TPSA) is 85.6 Å². The van der Waals surface area contributed by atoms with Crippen molar-refractivity contribution in [3.8, 4) is 0 Å². The lowest BCUT2D eigenvalue weighted by Gasteiger charge is -2.07. The predicted molar refractivity (Wildman–Crippen MR) is 67.5 cm³/mol. The number of aromatic carboxylic acids is 1. The normalized spacial score (nSPS) is 10.3. The van der Waals surface area contributed by atoms with E-state index in [1.165, 1.54) is 11.5 Å². The lowest BCUT2D eigenvalue weighted by Crippen LogP contribution is -2.15. The van der Waals surface area contributed by atoms with Crippen LogP contribution in [0.4, 0.5) is 0 Å². The summed E-state index contributed by atoms with van der Waals surface area (Å²) >= 11 is 0. The fourth-order valence-corrected chi connectivity index (χ4v) is 2.10. The Labute approximate surface area is 111 Å². The number of nitrogens with zero attached hydrogens (tertiary/aromatic N) is 1. The van der Waals surface area contributed by atoms with E-state index < -0.39 is 11.9 Å². The van der Waals surface area contributed by atoms with E-state index in [1.54, 1.807) is 20.8 Å². The first-order chi connectivity index (χ1) is 8.81. The van der Waals surface area contributed by atoms with Crippen LogP contribution in [-0.2, 0) is 16.1 Å². The molecule has 0 saturated heterocycles. The highest BCUT2D eigenvalue weighted by molar-refractivity contribution is 5.98. The minimum absolute atomic E-state index is 0.0456. The zero-order valence-electron chi connectivity index (χ0n) is 11.4. The van der Waals surface area contributed by atoms with Gasteiger partial charge in [-0.2, -0.15) is 0 Å². The Hall–Kier alpha value is -2.11. The number of ether oxygens (including phenoxy) is 1. The summed E-state index contributed by atoms with van der Waals surface area (Å²) in [5, 5.41) is 9.22. The zero-order chi connectivity index (χ0) is 14.7. The fourth-order valence-electron chi connectivity index (χ4n) is 2.10. The molecule has 0 saturated carbocycles. The highest BCUT2D eigenvalue weighted by atomic mass is 16.5. The predicted octanol–water partition coefficient (Wildman–Crippen LogP) is 1.57. The Bertz CT molecular complexity index is 542. The van der Waals surface area contributed by atoms with Gasteiger partial charge in [0.15, 0.2) is 0 Å². The summed E-state index contributed by atoms with van der Waals surface area (Å²) in [5.74, 6) is -1.92. The second-order valence-electron chi connectivity index (χ2n) is 4.25. The summed E-state index contributed by atoms with van der Waals surface area (Å²) < 4.78 is 6.25. The van der Waals surface area contributed by atoms with E-state index in [1.807, 2.05) is 0 Å². The maximum absolute atomic E-state index is 11.8. The van der Waals surface area contributed by atoms with Gasteiger partial charge in [-0.3, -0.25) is 4.79 Å². The van der Waals surface area contributed by atoms with Crippen molar-refractivity contribution in [1.29, 1.82) is 0 Å². The van der Waals surface area contributed by atoms with Gasteiger partial charge in [0, 0.05) is 5.69 Å². The molecule has 1 aromatic rings. The van der Waals surface area contributed by atoms with Crippen molar-refractivity contribution in [3.63, 3.8) is 0 Å². The minimum Gasteiger partial charge on any atom is -0.477 e. The van der Waals surface area contributed by atoms with Crippen LogP contribution in [0.15, 0.2) is 0 Å². The van der Waals surface area contributed by atoms with E-state index in [-0.39, 0.29) is 30.2 Å². The monoisotopic (exact) mass is 267 g/mol. The van der Waals surface area contributed by atoms with Gasteiger partial charge in [0.05, 0.1) is 18.7 Å². The maximum atomic E-state index is 11.8. The molecular weight excluding hydrogens is 250 g/mol. The molecule has 1 N–H and O–H groups in total. The van der Waals surface area contributed by atoms with Crippen molar-refractivity contribution in [2.75, 3.05) is 6.61 Å². The molecule has 0 aliphatic heterocycles. The van der Waals surface area contributed by atoms with Crippen LogP contribution < -0.4 is 0 Å². The molecule has 0 radical (unpaired) electrons. The third kappa shape index (κ3) is 2.83. The van der Waals surface area contributed by atoms with Crippen molar-refractivity contribution >= 4 is 17.7 Å². The summed E-state index contributed by atoms with van der Waals surface area (Å²) in [7, 11) is 0. The number of aromatic nitrogens is 1. The number of esters is 1. The van der Waals surface area contributed by atoms with Gasteiger partial charge in [-0.05, 0) is 33.3 Å². The number of Topliss-reactive ketones (excluding diaryl/α,β-unsaturated/α-hetero) is 1. The summed E-state index contributed by atoms with van der Waals surface area (Å²) in [5.41, 5.74) is 0.935. The number of hydrogen-bond donors (Lipinski definition) is 1. The summed E-state index contributed by atoms with van der Waals surface area (Å²) in [6.07, 6.45) is 0. The minimum atomic E-state index is -1.17. The molecule has 19 heavy (non-hydrogen) atoms. The second-order valence-corrected chi connectivity index (χ2v) is 4.25. The Balaban J connectivity index is 3.46.